The molecule has 6 heteroatoms. The van der Waals surface area contributed by atoms with Gasteiger partial charge in [0.25, 0.3) is 11.8 Å². The van der Waals surface area contributed by atoms with Gasteiger partial charge in [0.2, 0.25) is 0 Å². The molecular weight excluding hydrogens is 390 g/mol. The van der Waals surface area contributed by atoms with E-state index in [9.17, 15) is 14.4 Å². The second-order valence-electron chi connectivity index (χ2n) is 8.41. The summed E-state index contributed by atoms with van der Waals surface area (Å²) in [6.07, 6.45) is 8.31. The van der Waals surface area contributed by atoms with Gasteiger partial charge in [-0.1, -0.05) is 44.7 Å². The predicted octanol–water partition coefficient (Wildman–Crippen LogP) is 5.60. The van der Waals surface area contributed by atoms with Crippen molar-refractivity contribution in [2.45, 2.75) is 64.3 Å². The summed E-state index contributed by atoms with van der Waals surface area (Å²) in [5.41, 5.74) is 3.23. The summed E-state index contributed by atoms with van der Waals surface area (Å²) in [7, 11) is 0. The average Bonchev–Trinajstić information content (AvgIpc) is 3.03. The molecular formula is C25H29N3O3. The fourth-order valence-electron chi connectivity index (χ4n) is 4.44. The minimum absolute atomic E-state index is 0.0128. The highest BCUT2D eigenvalue weighted by atomic mass is 16.2. The molecule has 4 amide bonds. The fourth-order valence-corrected chi connectivity index (χ4v) is 4.44. The van der Waals surface area contributed by atoms with E-state index in [0.717, 1.165) is 51.4 Å². The highest BCUT2D eigenvalue weighted by Crippen LogP contribution is 2.32. The van der Waals surface area contributed by atoms with Gasteiger partial charge in [-0.2, -0.15) is 0 Å². The Kier molecular flexibility index (Phi) is 6.35. The van der Waals surface area contributed by atoms with Crippen LogP contribution in [-0.4, -0.2) is 28.8 Å². The third-order valence-corrected chi connectivity index (χ3v) is 6.15. The quantitative estimate of drug-likeness (QED) is 0.598. The third-order valence-electron chi connectivity index (χ3n) is 6.15. The molecule has 4 rings (SSSR count). The highest BCUT2D eigenvalue weighted by molar-refractivity contribution is 6.22. The SMILES string of the molecule is CCCCc1ccc(NC(=O)Nc2ccc3c(c2)C(=O)N(C2CCCCC2)C3=O)cc1. The Balaban J connectivity index is 1.41. The van der Waals surface area contributed by atoms with Gasteiger partial charge in [0, 0.05) is 17.4 Å². The van der Waals surface area contributed by atoms with Crippen molar-refractivity contribution in [2.75, 3.05) is 10.6 Å². The Morgan fingerprint density at radius 3 is 2.26 bits per heavy atom. The number of carbonyl (C=O) groups excluding carboxylic acids is 3. The number of hydrogen-bond donors (Lipinski definition) is 2. The normalized spacial score (nSPS) is 16.4. The van der Waals surface area contributed by atoms with Crippen LogP contribution in [0.2, 0.25) is 0 Å². The van der Waals surface area contributed by atoms with Crippen LogP contribution in [-0.2, 0) is 6.42 Å². The van der Waals surface area contributed by atoms with Crippen LogP contribution in [0, 0.1) is 0 Å². The zero-order valence-corrected chi connectivity index (χ0v) is 17.9. The van der Waals surface area contributed by atoms with Crippen molar-refractivity contribution in [3.05, 3.63) is 59.2 Å². The standard InChI is InChI=1S/C25H29N3O3/c1-2-3-7-17-10-12-18(13-11-17)26-25(31)27-19-14-15-21-22(16-19)24(30)28(23(21)29)20-8-5-4-6-9-20/h10-16,20H,2-9H2,1H3,(H2,26,27,31). The molecule has 0 spiro atoms. The van der Waals surface area contributed by atoms with Gasteiger partial charge in [-0.15, -0.1) is 0 Å². The number of benzene rings is 2. The lowest BCUT2D eigenvalue weighted by atomic mass is 9.94. The third kappa shape index (κ3) is 4.63. The van der Waals surface area contributed by atoms with Gasteiger partial charge in [0.15, 0.2) is 0 Å². The van der Waals surface area contributed by atoms with Gasteiger partial charge in [0.05, 0.1) is 11.1 Å². The number of nitrogens with one attached hydrogen (secondary N) is 2. The van der Waals surface area contributed by atoms with Crippen LogP contribution in [0.4, 0.5) is 16.2 Å². The van der Waals surface area contributed by atoms with E-state index in [0.29, 0.717) is 22.5 Å². The van der Waals surface area contributed by atoms with Crippen molar-refractivity contribution in [3.8, 4) is 0 Å². The van der Waals surface area contributed by atoms with E-state index in [1.54, 1.807) is 18.2 Å². The average molecular weight is 420 g/mol. The van der Waals surface area contributed by atoms with Crippen LogP contribution in [0.5, 0.6) is 0 Å². The van der Waals surface area contributed by atoms with E-state index in [4.69, 9.17) is 0 Å². The van der Waals surface area contributed by atoms with Crippen LogP contribution < -0.4 is 10.6 Å². The zero-order chi connectivity index (χ0) is 21.8. The van der Waals surface area contributed by atoms with Gasteiger partial charge < -0.3 is 10.6 Å². The van der Waals surface area contributed by atoms with Crippen molar-refractivity contribution in [1.82, 2.24) is 4.90 Å². The number of nitrogens with zero attached hydrogens (tertiary/aromatic N) is 1. The summed E-state index contributed by atoms with van der Waals surface area (Å²) in [6, 6.07) is 12.3. The minimum Gasteiger partial charge on any atom is -0.308 e. The first-order valence-corrected chi connectivity index (χ1v) is 11.3. The molecule has 2 N–H and O–H groups in total. The van der Waals surface area contributed by atoms with Gasteiger partial charge >= 0.3 is 6.03 Å². The van der Waals surface area contributed by atoms with E-state index in [1.807, 2.05) is 24.3 Å². The van der Waals surface area contributed by atoms with Gasteiger partial charge in [-0.05, 0) is 61.6 Å². The maximum atomic E-state index is 12.9. The second kappa shape index (κ2) is 9.33. The topological polar surface area (TPSA) is 78.5 Å². The summed E-state index contributed by atoms with van der Waals surface area (Å²) >= 11 is 0. The Labute approximate surface area is 183 Å². The Bertz CT molecular complexity index is 978. The van der Waals surface area contributed by atoms with E-state index in [2.05, 4.69) is 17.6 Å². The van der Waals surface area contributed by atoms with Gasteiger partial charge in [-0.25, -0.2) is 4.79 Å². The summed E-state index contributed by atoms with van der Waals surface area (Å²) in [5.74, 6) is -0.468. The first-order chi connectivity index (χ1) is 15.1. The number of urea groups is 1. The Morgan fingerprint density at radius 2 is 1.55 bits per heavy atom. The number of imide groups is 1. The van der Waals surface area contributed by atoms with Crippen molar-refractivity contribution < 1.29 is 14.4 Å². The molecule has 2 aliphatic rings. The highest BCUT2D eigenvalue weighted by Gasteiger charge is 2.40. The summed E-state index contributed by atoms with van der Waals surface area (Å²) in [5, 5.41) is 5.58. The van der Waals surface area contributed by atoms with E-state index in [-0.39, 0.29) is 23.9 Å². The van der Waals surface area contributed by atoms with Crippen molar-refractivity contribution >= 4 is 29.2 Å². The lowest BCUT2D eigenvalue weighted by molar-refractivity contribution is 0.0549. The van der Waals surface area contributed by atoms with Crippen LogP contribution in [0.1, 0.15) is 78.1 Å². The Hall–Kier alpha value is -3.15. The lowest BCUT2D eigenvalue weighted by Crippen LogP contribution is -2.40. The molecule has 0 radical (unpaired) electrons. The molecule has 0 saturated heterocycles. The second-order valence-corrected chi connectivity index (χ2v) is 8.41. The van der Waals surface area contributed by atoms with Crippen LogP contribution in [0.25, 0.3) is 0 Å². The molecule has 2 aromatic carbocycles. The molecule has 1 aliphatic heterocycles. The summed E-state index contributed by atoms with van der Waals surface area (Å²) in [6.45, 7) is 2.16. The van der Waals surface area contributed by atoms with Gasteiger partial charge in [-0.3, -0.25) is 14.5 Å². The predicted molar refractivity (Wildman–Crippen MR) is 122 cm³/mol. The van der Waals surface area contributed by atoms with E-state index >= 15 is 0 Å². The number of unbranched alkanes of at least 4 members (excludes halogenated alkanes) is 1. The number of hydrogen-bond acceptors (Lipinski definition) is 3. The number of rotatable bonds is 6. The molecule has 162 valence electrons. The van der Waals surface area contributed by atoms with Gasteiger partial charge in [0.1, 0.15) is 0 Å². The maximum absolute atomic E-state index is 12.9. The van der Waals surface area contributed by atoms with E-state index in [1.165, 1.54) is 10.5 Å². The molecule has 0 atom stereocenters. The smallest absolute Gasteiger partial charge is 0.308 e. The first kappa shape index (κ1) is 21.1. The largest absolute Gasteiger partial charge is 0.323 e. The molecule has 0 bridgehead atoms. The van der Waals surface area contributed by atoms with Crippen LogP contribution >= 0.6 is 0 Å². The molecule has 6 nitrogen and oxygen atoms in total. The summed E-state index contributed by atoms with van der Waals surface area (Å²) < 4.78 is 0. The van der Waals surface area contributed by atoms with E-state index < -0.39 is 0 Å². The number of fused-ring (bicyclic) bond motifs is 1. The number of anilines is 2. The molecule has 1 heterocycles. The number of amides is 4. The van der Waals surface area contributed by atoms with Crippen LogP contribution in [0.3, 0.4) is 0 Å². The fraction of sp³-hybridized carbons (Fsp3) is 0.400. The lowest BCUT2D eigenvalue weighted by Gasteiger charge is -2.29. The van der Waals surface area contributed by atoms with Crippen molar-refractivity contribution in [2.24, 2.45) is 0 Å². The van der Waals surface area contributed by atoms with Crippen LogP contribution in [0.15, 0.2) is 42.5 Å². The Morgan fingerprint density at radius 1 is 0.903 bits per heavy atom. The van der Waals surface area contributed by atoms with Crippen molar-refractivity contribution in [1.29, 1.82) is 0 Å². The molecule has 2 aromatic rings. The monoisotopic (exact) mass is 419 g/mol. The molecule has 1 saturated carbocycles. The maximum Gasteiger partial charge on any atom is 0.323 e. The first-order valence-electron chi connectivity index (χ1n) is 11.3. The number of carbonyl (C=O) groups is 3. The number of aryl methyl sites for hydroxylation is 1. The molecule has 1 aliphatic carbocycles. The molecule has 31 heavy (non-hydrogen) atoms. The molecule has 0 aromatic heterocycles. The molecule has 1 fully saturated rings. The van der Waals surface area contributed by atoms with Crippen molar-refractivity contribution in [3.63, 3.8) is 0 Å². The minimum atomic E-state index is -0.387. The summed E-state index contributed by atoms with van der Waals surface area (Å²) in [4.78, 5) is 39.5. The zero-order valence-electron chi connectivity index (χ0n) is 17.9. The molecule has 0 unspecified atom stereocenters.